The van der Waals surface area contributed by atoms with Crippen molar-refractivity contribution in [1.29, 1.82) is 0 Å². The minimum Gasteiger partial charge on any atom is -0.201 e. The van der Waals surface area contributed by atoms with Crippen molar-refractivity contribution in [3.63, 3.8) is 0 Å². The Labute approximate surface area is 557 Å². The van der Waals surface area contributed by atoms with Gasteiger partial charge in [0.25, 0.3) is 0 Å². The summed E-state index contributed by atoms with van der Waals surface area (Å²) in [6.07, 6.45) is 17.8. The van der Waals surface area contributed by atoms with Crippen LogP contribution in [0.15, 0.2) is 128 Å². The standard InChI is InChI=1S/2C22H30N.C21H26N.C21H28N/c2*1-15-8-9-17(16(2)12-15)20-13-18-19(14-23(20)7)22(5,6)11-10-21(18,3)4;1-13-6-7-15(14(2)12-13)20-19-16(10-11-22(20)5)17-8-9-18(19)21(17,3)4;1-15-9-7-8-10-16(15)19-13-17-18(14-22(19)6)21(4,5)12-11-20(17,2)3/h2*8-9,12-14H,10-11H2,1-7H3;6-7,10-12,17-18H,8-9H2,1-5H3;7-10,13-14H,11-12H2,1-6H3/q4*+1/i1D3;;1D3,17D,18D;. The molecule has 474 valence electrons. The zero-order valence-electron chi connectivity index (χ0n) is 67.6. The molecule has 4 heteroatoms. The molecule has 0 spiro atoms. The first-order chi connectivity index (χ1) is 45.0. The number of rotatable bonds is 4. The minimum atomic E-state index is -2.13. The first kappa shape index (κ1) is 56.2. The van der Waals surface area contributed by atoms with Crippen LogP contribution in [0.2, 0.25) is 0 Å². The fourth-order valence-electron chi connectivity index (χ4n) is 16.1. The molecule has 4 aromatic heterocycles. The molecule has 2 atom stereocenters. The fraction of sp³-hybridized carbons (Fsp3) is 0.488. The molecule has 5 aliphatic rings. The molecule has 4 nitrogen and oxygen atoms in total. The quantitative estimate of drug-likeness (QED) is 0.156. The molecule has 2 unspecified atom stereocenters. The molecule has 2 bridgehead atoms. The van der Waals surface area contributed by atoms with Crippen molar-refractivity contribution in [1.82, 2.24) is 0 Å². The van der Waals surface area contributed by atoms with Crippen LogP contribution in [0.25, 0.3) is 45.0 Å². The van der Waals surface area contributed by atoms with Crippen LogP contribution in [-0.4, -0.2) is 0 Å². The van der Waals surface area contributed by atoms with Gasteiger partial charge in [-0.15, -0.1) is 0 Å². The summed E-state index contributed by atoms with van der Waals surface area (Å²) in [7, 11) is 8.42. The molecule has 0 saturated heterocycles. The largest absolute Gasteiger partial charge is 0.216 e. The number of nitrogens with zero attached hydrogens (tertiary/aromatic N) is 4. The lowest BCUT2D eigenvalue weighted by molar-refractivity contribution is -0.661. The van der Waals surface area contributed by atoms with E-state index in [0.717, 1.165) is 44.8 Å². The van der Waals surface area contributed by atoms with E-state index in [9.17, 15) is 2.74 Å². The van der Waals surface area contributed by atoms with Gasteiger partial charge in [0.15, 0.2) is 24.8 Å². The molecular formula is C86H114N4+4. The van der Waals surface area contributed by atoms with Crippen molar-refractivity contribution >= 4 is 0 Å². The van der Waals surface area contributed by atoms with Crippen molar-refractivity contribution < 1.29 is 29.2 Å². The molecule has 90 heavy (non-hydrogen) atoms. The number of pyridine rings is 4. The lowest BCUT2D eigenvalue weighted by Gasteiger charge is -2.40. The molecule has 4 heterocycles. The van der Waals surface area contributed by atoms with Crippen LogP contribution in [0.3, 0.4) is 0 Å². The maximum absolute atomic E-state index is 9.36. The van der Waals surface area contributed by atoms with Gasteiger partial charge < -0.3 is 0 Å². The first-order valence-corrected chi connectivity index (χ1v) is 33.6. The summed E-state index contributed by atoms with van der Waals surface area (Å²) in [5.74, 6) is -1.56. The Hall–Kier alpha value is -6.52. The molecule has 1 fully saturated rings. The van der Waals surface area contributed by atoms with E-state index in [1.807, 2.05) is 63.7 Å². The Bertz CT molecular complexity index is 4440. The summed E-state index contributed by atoms with van der Waals surface area (Å²) in [6, 6.07) is 35.5. The molecular weight excluding hydrogens is 1090 g/mol. The molecule has 5 aliphatic carbocycles. The molecule has 4 aromatic carbocycles. The van der Waals surface area contributed by atoms with Gasteiger partial charge in [-0.05, 0) is 218 Å². The molecule has 1 saturated carbocycles. The van der Waals surface area contributed by atoms with Crippen LogP contribution in [0, 0.1) is 53.7 Å². The monoisotopic (exact) mass is 1210 g/mol. The third kappa shape index (κ3) is 12.4. The number of aryl methyl sites for hydroxylation is 11. The first-order valence-electron chi connectivity index (χ1n) is 37.6. The van der Waals surface area contributed by atoms with Crippen LogP contribution < -0.4 is 18.3 Å². The fourth-order valence-corrected chi connectivity index (χ4v) is 16.1. The van der Waals surface area contributed by atoms with Gasteiger partial charge in [-0.3, -0.25) is 0 Å². The van der Waals surface area contributed by atoms with Gasteiger partial charge in [-0.1, -0.05) is 168 Å². The maximum Gasteiger partial charge on any atom is 0.216 e. The predicted molar refractivity (Wildman–Crippen MR) is 380 cm³/mol. The highest BCUT2D eigenvalue weighted by Gasteiger charge is 2.54. The number of benzene rings is 4. The highest BCUT2D eigenvalue weighted by Crippen LogP contribution is 2.65. The van der Waals surface area contributed by atoms with Crippen LogP contribution in [0.4, 0.5) is 0 Å². The zero-order chi connectivity index (χ0) is 72.6. The number of aromatic nitrogens is 4. The second-order valence-electron chi connectivity index (χ2n) is 32.4. The summed E-state index contributed by atoms with van der Waals surface area (Å²) in [6.45, 7) is 38.8. The van der Waals surface area contributed by atoms with Gasteiger partial charge in [-0.25, -0.2) is 18.3 Å². The Balaban J connectivity index is 0.000000142. The van der Waals surface area contributed by atoms with Gasteiger partial charge in [0, 0.05) is 79.7 Å². The number of fused-ring (bicyclic) bond motifs is 8. The van der Waals surface area contributed by atoms with Crippen molar-refractivity contribution in [2.45, 2.75) is 241 Å². The molecule has 0 aliphatic heterocycles. The van der Waals surface area contributed by atoms with Crippen LogP contribution in [0.1, 0.15) is 255 Å². The van der Waals surface area contributed by atoms with Gasteiger partial charge >= 0.3 is 0 Å². The highest BCUT2D eigenvalue weighted by atomic mass is 14.9. The Kier molecular flexibility index (Phi) is 14.9. The van der Waals surface area contributed by atoms with E-state index in [1.165, 1.54) is 111 Å². The summed E-state index contributed by atoms with van der Waals surface area (Å²) in [4.78, 5) is 0. The summed E-state index contributed by atoms with van der Waals surface area (Å²) in [5.41, 5.74) is 27.9. The number of hydrogen-bond donors (Lipinski definition) is 0. The van der Waals surface area contributed by atoms with E-state index in [-0.39, 0.29) is 32.5 Å². The van der Waals surface area contributed by atoms with Crippen molar-refractivity contribution in [3.05, 3.63) is 211 Å². The predicted octanol–water partition coefficient (Wildman–Crippen LogP) is 19.9. The second kappa shape index (κ2) is 23.9. The summed E-state index contributed by atoms with van der Waals surface area (Å²) in [5, 5.41) is 0. The summed E-state index contributed by atoms with van der Waals surface area (Å²) < 4.78 is 73.3. The molecule has 0 N–H and O–H groups in total. The lowest BCUT2D eigenvalue weighted by atomic mass is 9.63. The van der Waals surface area contributed by atoms with Crippen LogP contribution in [0.5, 0.6) is 0 Å². The molecule has 13 rings (SSSR count). The average molecular weight is 1210 g/mol. The van der Waals surface area contributed by atoms with E-state index < -0.39 is 30.9 Å². The highest BCUT2D eigenvalue weighted by molar-refractivity contribution is 5.70. The van der Waals surface area contributed by atoms with E-state index in [1.54, 1.807) is 24.3 Å². The van der Waals surface area contributed by atoms with Gasteiger partial charge in [0.1, 0.15) is 28.2 Å². The van der Waals surface area contributed by atoms with Gasteiger partial charge in [-0.2, -0.15) is 0 Å². The van der Waals surface area contributed by atoms with Crippen molar-refractivity contribution in [2.75, 3.05) is 0 Å². The second-order valence-corrected chi connectivity index (χ2v) is 32.4. The minimum absolute atomic E-state index is 0.153. The van der Waals surface area contributed by atoms with Crippen LogP contribution >= 0.6 is 0 Å². The third-order valence-corrected chi connectivity index (χ3v) is 22.5. The maximum atomic E-state index is 9.36. The van der Waals surface area contributed by atoms with Crippen LogP contribution in [-0.2, 0) is 60.7 Å². The normalized spacial score (nSPS) is 23.3. The van der Waals surface area contributed by atoms with E-state index in [2.05, 4.69) is 218 Å². The lowest BCUT2D eigenvalue weighted by Crippen LogP contribution is -2.40. The molecule has 0 amide bonds. The van der Waals surface area contributed by atoms with Gasteiger partial charge in [0.05, 0.1) is 0 Å². The molecule has 8 aromatic rings. The molecule has 0 radical (unpaired) electrons. The van der Waals surface area contributed by atoms with E-state index in [0.29, 0.717) is 24.0 Å². The van der Waals surface area contributed by atoms with E-state index >= 15 is 0 Å². The SMILES string of the molecule is Cc1ccc(-c2cc3c(c[n+]2C)C(C)(C)CCC3(C)C)c(C)c1.Cc1ccccc1-c1cc2c(c[n+]1C)C(C)(C)CCC2(C)C.[2H]C([2H])([2H])c1ccc(-c2c3c(cc[n+]2C)C2([2H])CCC3([2H])C2(C)C)c(C)c1.[2H]C([2H])([2H])c1ccc(-c2cc3c(c[n+]2C)C(C)(C)CCC3(C)C)c(C)c1. The Morgan fingerprint density at radius 1 is 0.367 bits per heavy atom. The number of hydrogen-bond acceptors (Lipinski definition) is 0. The van der Waals surface area contributed by atoms with E-state index in [4.69, 9.17) is 8.22 Å². The Morgan fingerprint density at radius 2 is 0.711 bits per heavy atom. The zero-order valence-corrected chi connectivity index (χ0v) is 59.6. The third-order valence-electron chi connectivity index (χ3n) is 22.5. The van der Waals surface area contributed by atoms with Crippen molar-refractivity contribution in [2.24, 2.45) is 33.6 Å². The summed E-state index contributed by atoms with van der Waals surface area (Å²) >= 11 is 0. The average Bonchev–Trinajstić information content (AvgIpc) is 1.50. The Morgan fingerprint density at radius 3 is 1.10 bits per heavy atom. The van der Waals surface area contributed by atoms with Crippen molar-refractivity contribution in [3.8, 4) is 45.0 Å². The smallest absolute Gasteiger partial charge is 0.201 e. The topological polar surface area (TPSA) is 15.5 Å². The van der Waals surface area contributed by atoms with Gasteiger partial charge in [0.2, 0.25) is 22.8 Å².